The van der Waals surface area contributed by atoms with Crippen LogP contribution in [0.4, 0.5) is 0 Å². The number of nitrogens with one attached hydrogen (secondary N) is 2. The Balaban J connectivity index is 1.82. The van der Waals surface area contributed by atoms with Crippen LogP contribution in [0.1, 0.15) is 21.6 Å². The first-order valence-electron chi connectivity index (χ1n) is 7.17. The van der Waals surface area contributed by atoms with Crippen LogP contribution in [0, 0.1) is 6.92 Å². The van der Waals surface area contributed by atoms with Crippen molar-refractivity contribution < 1.29 is 19.7 Å². The number of hydrogen-bond acceptors (Lipinski definition) is 4. The number of amides is 1. The van der Waals surface area contributed by atoms with Gasteiger partial charge in [-0.15, -0.1) is 0 Å². The molecule has 1 amide bonds. The van der Waals surface area contributed by atoms with E-state index in [-0.39, 0.29) is 19.1 Å². The maximum Gasteiger partial charge on any atom is 0.305 e. The summed E-state index contributed by atoms with van der Waals surface area (Å²) < 4.78 is 5.06. The summed E-state index contributed by atoms with van der Waals surface area (Å²) in [6.07, 6.45) is 1.57. The van der Waals surface area contributed by atoms with Gasteiger partial charge in [0.25, 0.3) is 0 Å². The standard InChI is InChI=1S/C15H20N4O3/c1-12-2-4-13(5-3-12)11-19-17-10-14(18-19)15(21)16-6-8-22-9-7-20/h2-5,10,20H,6-9,11H2,1H3,(H,16,21)/p+1. The summed E-state index contributed by atoms with van der Waals surface area (Å²) in [4.78, 5) is 13.5. The fourth-order valence-corrected chi connectivity index (χ4v) is 1.88. The minimum Gasteiger partial charge on any atom is -0.394 e. The largest absolute Gasteiger partial charge is 0.394 e. The molecule has 0 aliphatic rings. The van der Waals surface area contributed by atoms with Gasteiger partial charge in [0.15, 0.2) is 6.20 Å². The number of carbonyl (C=O) groups excluding carboxylic acids is 1. The van der Waals surface area contributed by atoms with Crippen molar-refractivity contribution in [1.29, 1.82) is 0 Å². The van der Waals surface area contributed by atoms with Gasteiger partial charge in [0.1, 0.15) is 6.54 Å². The van der Waals surface area contributed by atoms with Crippen molar-refractivity contribution in [1.82, 2.24) is 15.2 Å². The van der Waals surface area contributed by atoms with Crippen LogP contribution >= 0.6 is 0 Å². The number of hydrogen-bond donors (Lipinski definition) is 2. The highest BCUT2D eigenvalue weighted by molar-refractivity contribution is 5.91. The highest BCUT2D eigenvalue weighted by Gasteiger charge is 2.17. The lowest BCUT2D eigenvalue weighted by atomic mass is 10.1. The molecule has 0 radical (unpaired) electrons. The predicted octanol–water partition coefficient (Wildman–Crippen LogP) is -0.207. The molecule has 3 N–H and O–H groups in total. The summed E-state index contributed by atoms with van der Waals surface area (Å²) in [7, 11) is 0. The summed E-state index contributed by atoms with van der Waals surface area (Å²) in [6.45, 7) is 3.61. The highest BCUT2D eigenvalue weighted by atomic mass is 16.5. The van der Waals surface area contributed by atoms with Crippen molar-refractivity contribution >= 4 is 5.91 Å². The van der Waals surface area contributed by atoms with E-state index in [2.05, 4.69) is 15.5 Å². The molecular formula is C15H21N4O3+. The van der Waals surface area contributed by atoms with E-state index in [1.54, 1.807) is 11.0 Å². The third-order valence-electron chi connectivity index (χ3n) is 3.03. The zero-order valence-electron chi connectivity index (χ0n) is 12.6. The molecule has 118 valence electrons. The molecular weight excluding hydrogens is 284 g/mol. The molecule has 0 bridgehead atoms. The van der Waals surface area contributed by atoms with E-state index in [0.717, 1.165) is 5.56 Å². The average Bonchev–Trinajstić information content (AvgIpc) is 2.98. The lowest BCUT2D eigenvalue weighted by Gasteiger charge is -2.01. The highest BCUT2D eigenvalue weighted by Crippen LogP contribution is 2.03. The van der Waals surface area contributed by atoms with Crippen LogP contribution in [0.5, 0.6) is 0 Å². The normalized spacial score (nSPS) is 10.6. The van der Waals surface area contributed by atoms with Gasteiger partial charge in [0.2, 0.25) is 0 Å². The Morgan fingerprint density at radius 1 is 1.36 bits per heavy atom. The second-order valence-electron chi connectivity index (χ2n) is 4.89. The molecule has 0 atom stereocenters. The second-order valence-corrected chi connectivity index (χ2v) is 4.89. The lowest BCUT2D eigenvalue weighted by molar-refractivity contribution is -0.495. The van der Waals surface area contributed by atoms with Crippen molar-refractivity contribution in [3.63, 3.8) is 0 Å². The molecule has 0 fully saturated rings. The number of aliphatic hydroxyl groups is 1. The van der Waals surface area contributed by atoms with Gasteiger partial charge in [-0.25, -0.2) is 0 Å². The van der Waals surface area contributed by atoms with Crippen molar-refractivity contribution in [2.24, 2.45) is 0 Å². The second kappa shape index (κ2) is 8.26. The fraction of sp³-hybridized carbons (Fsp3) is 0.400. The number of nitrogens with zero attached hydrogens (tertiary/aromatic N) is 2. The number of aromatic amines is 1. The molecule has 0 saturated heterocycles. The molecule has 0 unspecified atom stereocenters. The van der Waals surface area contributed by atoms with Gasteiger partial charge < -0.3 is 15.2 Å². The quantitative estimate of drug-likeness (QED) is 0.660. The fourth-order valence-electron chi connectivity index (χ4n) is 1.88. The van der Waals surface area contributed by atoms with Crippen LogP contribution in [-0.2, 0) is 11.3 Å². The summed E-state index contributed by atoms with van der Waals surface area (Å²) in [5, 5.41) is 18.4. The van der Waals surface area contributed by atoms with Gasteiger partial charge in [-0.1, -0.05) is 29.8 Å². The van der Waals surface area contributed by atoms with Gasteiger partial charge in [-0.3, -0.25) is 4.79 Å². The van der Waals surface area contributed by atoms with Crippen molar-refractivity contribution in [3.05, 3.63) is 47.3 Å². The minimum absolute atomic E-state index is 0.0215. The van der Waals surface area contributed by atoms with Gasteiger partial charge in [0.05, 0.1) is 24.9 Å². The number of aryl methyl sites for hydroxylation is 1. The van der Waals surface area contributed by atoms with Crippen LogP contribution in [0.25, 0.3) is 0 Å². The molecule has 1 aromatic heterocycles. The molecule has 7 heteroatoms. The zero-order valence-corrected chi connectivity index (χ0v) is 12.6. The van der Waals surface area contributed by atoms with E-state index in [1.165, 1.54) is 5.56 Å². The molecule has 1 aromatic carbocycles. The van der Waals surface area contributed by atoms with Gasteiger partial charge in [-0.2, -0.15) is 5.10 Å². The summed E-state index contributed by atoms with van der Waals surface area (Å²) in [5.74, 6) is -0.258. The molecule has 1 heterocycles. The van der Waals surface area contributed by atoms with Gasteiger partial charge >= 0.3 is 11.6 Å². The number of ether oxygens (including phenoxy) is 1. The Labute approximate surface area is 128 Å². The molecule has 2 rings (SSSR count). The topological polar surface area (TPSA) is 90.5 Å². The molecule has 0 spiro atoms. The van der Waals surface area contributed by atoms with Crippen molar-refractivity contribution in [3.8, 4) is 0 Å². The third-order valence-corrected chi connectivity index (χ3v) is 3.03. The van der Waals surface area contributed by atoms with Crippen LogP contribution in [0.3, 0.4) is 0 Å². The van der Waals surface area contributed by atoms with Crippen molar-refractivity contribution in [2.75, 3.05) is 26.4 Å². The van der Waals surface area contributed by atoms with Crippen LogP contribution in [-0.4, -0.2) is 47.3 Å². The van der Waals surface area contributed by atoms with E-state index < -0.39 is 0 Å². The molecule has 22 heavy (non-hydrogen) atoms. The lowest BCUT2D eigenvalue weighted by Crippen LogP contribution is -2.28. The van der Waals surface area contributed by atoms with E-state index in [1.807, 2.05) is 31.2 Å². The SMILES string of the molecule is Cc1ccc(Cn2nc(C(=O)NCCOCCO)c[nH+]2)cc1. The Morgan fingerprint density at radius 3 is 2.86 bits per heavy atom. The van der Waals surface area contributed by atoms with Crippen LogP contribution in [0.2, 0.25) is 0 Å². The number of H-pyrrole nitrogens is 1. The van der Waals surface area contributed by atoms with E-state index in [0.29, 0.717) is 25.4 Å². The van der Waals surface area contributed by atoms with Gasteiger partial charge in [-0.05, 0) is 17.3 Å². The average molecular weight is 305 g/mol. The number of rotatable bonds is 8. The Hall–Kier alpha value is -2.25. The summed E-state index contributed by atoms with van der Waals surface area (Å²) in [5.41, 5.74) is 2.64. The number of benzene rings is 1. The van der Waals surface area contributed by atoms with E-state index in [9.17, 15) is 4.79 Å². The van der Waals surface area contributed by atoms with E-state index >= 15 is 0 Å². The maximum atomic E-state index is 11.9. The smallest absolute Gasteiger partial charge is 0.305 e. The van der Waals surface area contributed by atoms with E-state index in [4.69, 9.17) is 9.84 Å². The molecule has 2 aromatic rings. The molecule has 0 aliphatic heterocycles. The summed E-state index contributed by atoms with van der Waals surface area (Å²) >= 11 is 0. The number of carbonyl (C=O) groups is 1. The Bertz CT molecular complexity index is 595. The monoisotopic (exact) mass is 305 g/mol. The minimum atomic E-state index is -0.258. The number of aliphatic hydroxyl groups excluding tert-OH is 1. The zero-order chi connectivity index (χ0) is 15.8. The first kappa shape index (κ1) is 16.1. The Morgan fingerprint density at radius 2 is 2.14 bits per heavy atom. The molecule has 0 saturated carbocycles. The molecule has 7 nitrogen and oxygen atoms in total. The Kier molecular flexibility index (Phi) is 6.05. The summed E-state index contributed by atoms with van der Waals surface area (Å²) in [6, 6.07) is 8.14. The first-order chi connectivity index (χ1) is 10.7. The first-order valence-corrected chi connectivity index (χ1v) is 7.17. The van der Waals surface area contributed by atoms with Crippen LogP contribution < -0.4 is 10.4 Å². The van der Waals surface area contributed by atoms with Crippen LogP contribution in [0.15, 0.2) is 30.5 Å². The maximum absolute atomic E-state index is 11.9. The van der Waals surface area contributed by atoms with Crippen molar-refractivity contribution in [2.45, 2.75) is 13.5 Å². The molecule has 0 aliphatic carbocycles. The van der Waals surface area contributed by atoms with Gasteiger partial charge in [0, 0.05) is 6.54 Å². The predicted molar refractivity (Wildman–Crippen MR) is 79.3 cm³/mol. The number of aromatic nitrogens is 3. The third kappa shape index (κ3) is 4.94.